The summed E-state index contributed by atoms with van der Waals surface area (Å²) in [7, 11) is -3.52. The SMILES string of the molecule is CCN(CC)S(=O)(=O)c1ccc(C(=O)N2CC(C)Cc3ccccc32)cc1. The minimum Gasteiger partial charge on any atom is -0.308 e. The second kappa shape index (κ2) is 7.82. The average molecular weight is 387 g/mol. The van der Waals surface area contributed by atoms with Gasteiger partial charge in [-0.25, -0.2) is 8.42 Å². The molecule has 0 fully saturated rings. The van der Waals surface area contributed by atoms with E-state index >= 15 is 0 Å². The molecule has 1 atom stereocenters. The standard InChI is InChI=1S/C21H26N2O3S/c1-4-22(5-2)27(25,26)19-12-10-17(11-13-19)21(24)23-15-16(3)14-18-8-6-7-9-20(18)23/h6-13,16H,4-5,14-15H2,1-3H3. The van der Waals surface area contributed by atoms with E-state index in [1.165, 1.54) is 22.0 Å². The molecule has 0 radical (unpaired) electrons. The zero-order valence-electron chi connectivity index (χ0n) is 16.1. The van der Waals surface area contributed by atoms with Gasteiger partial charge in [-0.1, -0.05) is 39.0 Å². The third-order valence-corrected chi connectivity index (χ3v) is 7.10. The molecule has 2 aromatic rings. The molecule has 2 aromatic carbocycles. The highest BCUT2D eigenvalue weighted by Crippen LogP contribution is 2.30. The molecular formula is C21H26N2O3S. The zero-order valence-corrected chi connectivity index (χ0v) is 16.9. The summed E-state index contributed by atoms with van der Waals surface area (Å²) in [5.74, 6) is 0.284. The molecule has 0 saturated carbocycles. The van der Waals surface area contributed by atoms with Crippen LogP contribution in [0.4, 0.5) is 5.69 Å². The van der Waals surface area contributed by atoms with E-state index in [-0.39, 0.29) is 10.8 Å². The number of benzene rings is 2. The quantitative estimate of drug-likeness (QED) is 0.789. The Bertz CT molecular complexity index is 919. The molecule has 0 spiro atoms. The Morgan fingerprint density at radius 2 is 1.70 bits per heavy atom. The van der Waals surface area contributed by atoms with Crippen LogP contribution in [0.1, 0.15) is 36.7 Å². The average Bonchev–Trinajstić information content (AvgIpc) is 2.67. The number of sulfonamides is 1. The van der Waals surface area contributed by atoms with Gasteiger partial charge in [0.1, 0.15) is 0 Å². The number of anilines is 1. The summed E-state index contributed by atoms with van der Waals surface area (Å²) >= 11 is 0. The molecular weight excluding hydrogens is 360 g/mol. The Balaban J connectivity index is 1.89. The molecule has 1 aliphatic heterocycles. The molecule has 1 amide bonds. The van der Waals surface area contributed by atoms with Crippen LogP contribution in [0.15, 0.2) is 53.4 Å². The lowest BCUT2D eigenvalue weighted by molar-refractivity contribution is 0.0981. The van der Waals surface area contributed by atoms with E-state index in [1.54, 1.807) is 17.0 Å². The number of hydrogen-bond donors (Lipinski definition) is 0. The second-order valence-corrected chi connectivity index (χ2v) is 8.91. The van der Waals surface area contributed by atoms with E-state index in [0.29, 0.717) is 31.1 Å². The summed E-state index contributed by atoms with van der Waals surface area (Å²) in [6.45, 7) is 7.26. The van der Waals surface area contributed by atoms with Crippen LogP contribution in [0.3, 0.4) is 0 Å². The molecule has 3 rings (SSSR count). The molecule has 0 aromatic heterocycles. The van der Waals surface area contributed by atoms with Crippen LogP contribution in [0.5, 0.6) is 0 Å². The summed E-state index contributed by atoms with van der Waals surface area (Å²) in [4.78, 5) is 15.1. The molecule has 1 aliphatic rings. The summed E-state index contributed by atoms with van der Waals surface area (Å²) in [6, 6.07) is 14.2. The molecule has 1 heterocycles. The van der Waals surface area contributed by atoms with Crippen molar-refractivity contribution in [2.75, 3.05) is 24.5 Å². The van der Waals surface area contributed by atoms with Crippen LogP contribution in [0, 0.1) is 5.92 Å². The van der Waals surface area contributed by atoms with Crippen molar-refractivity contribution in [1.29, 1.82) is 0 Å². The second-order valence-electron chi connectivity index (χ2n) is 6.97. The first-order chi connectivity index (χ1) is 12.9. The van der Waals surface area contributed by atoms with Gasteiger partial charge in [0.05, 0.1) is 4.90 Å². The first-order valence-corrected chi connectivity index (χ1v) is 10.8. The Hall–Kier alpha value is -2.18. The molecule has 144 valence electrons. The highest BCUT2D eigenvalue weighted by Gasteiger charge is 2.27. The van der Waals surface area contributed by atoms with Gasteiger partial charge in [-0.05, 0) is 48.2 Å². The van der Waals surface area contributed by atoms with Crippen molar-refractivity contribution in [1.82, 2.24) is 4.31 Å². The van der Waals surface area contributed by atoms with Gasteiger partial charge in [0, 0.05) is 30.9 Å². The number of nitrogens with zero attached hydrogens (tertiary/aromatic N) is 2. The van der Waals surface area contributed by atoms with Crippen molar-refractivity contribution in [3.05, 3.63) is 59.7 Å². The lowest BCUT2D eigenvalue weighted by Gasteiger charge is -2.33. The van der Waals surface area contributed by atoms with Crippen molar-refractivity contribution < 1.29 is 13.2 Å². The fourth-order valence-corrected chi connectivity index (χ4v) is 5.08. The lowest BCUT2D eigenvalue weighted by Crippen LogP contribution is -2.39. The first-order valence-electron chi connectivity index (χ1n) is 9.38. The largest absolute Gasteiger partial charge is 0.308 e. The molecule has 5 nitrogen and oxygen atoms in total. The van der Waals surface area contributed by atoms with Gasteiger partial charge < -0.3 is 4.90 Å². The molecule has 1 unspecified atom stereocenters. The van der Waals surface area contributed by atoms with E-state index in [1.807, 2.05) is 32.0 Å². The Morgan fingerprint density at radius 1 is 1.07 bits per heavy atom. The normalized spacial score (nSPS) is 17.0. The number of amides is 1. The summed E-state index contributed by atoms with van der Waals surface area (Å²) < 4.78 is 26.6. The van der Waals surface area contributed by atoms with E-state index in [9.17, 15) is 13.2 Å². The highest BCUT2D eigenvalue weighted by atomic mass is 32.2. The van der Waals surface area contributed by atoms with Crippen LogP contribution < -0.4 is 4.90 Å². The van der Waals surface area contributed by atoms with Crippen LogP contribution in [-0.4, -0.2) is 38.3 Å². The Labute approximate surface area is 161 Å². The maximum atomic E-state index is 13.1. The smallest absolute Gasteiger partial charge is 0.258 e. The number of rotatable bonds is 5. The van der Waals surface area contributed by atoms with Gasteiger partial charge in [-0.15, -0.1) is 0 Å². The van der Waals surface area contributed by atoms with Crippen LogP contribution in [-0.2, 0) is 16.4 Å². The van der Waals surface area contributed by atoms with Gasteiger partial charge in [0.2, 0.25) is 10.0 Å². The van der Waals surface area contributed by atoms with Gasteiger partial charge >= 0.3 is 0 Å². The van der Waals surface area contributed by atoms with Gasteiger partial charge in [-0.3, -0.25) is 4.79 Å². The molecule has 0 aliphatic carbocycles. The minimum atomic E-state index is -3.52. The minimum absolute atomic E-state index is 0.0965. The number of fused-ring (bicyclic) bond motifs is 1. The molecule has 0 saturated heterocycles. The highest BCUT2D eigenvalue weighted by molar-refractivity contribution is 7.89. The van der Waals surface area contributed by atoms with Crippen molar-refractivity contribution in [3.8, 4) is 0 Å². The predicted octanol–water partition coefficient (Wildman–Crippen LogP) is 3.56. The predicted molar refractivity (Wildman–Crippen MR) is 108 cm³/mol. The maximum Gasteiger partial charge on any atom is 0.258 e. The van der Waals surface area contributed by atoms with E-state index < -0.39 is 10.0 Å². The Morgan fingerprint density at radius 3 is 2.33 bits per heavy atom. The number of carbonyl (C=O) groups excluding carboxylic acids is 1. The van der Waals surface area contributed by atoms with E-state index in [0.717, 1.165) is 12.1 Å². The molecule has 27 heavy (non-hydrogen) atoms. The molecule has 6 heteroatoms. The fraction of sp³-hybridized carbons (Fsp3) is 0.381. The molecule has 0 bridgehead atoms. The van der Waals surface area contributed by atoms with E-state index in [2.05, 4.69) is 13.0 Å². The van der Waals surface area contributed by atoms with Crippen LogP contribution >= 0.6 is 0 Å². The van der Waals surface area contributed by atoms with E-state index in [4.69, 9.17) is 0 Å². The van der Waals surface area contributed by atoms with Crippen molar-refractivity contribution in [2.45, 2.75) is 32.1 Å². The Kier molecular flexibility index (Phi) is 5.67. The monoisotopic (exact) mass is 386 g/mol. The zero-order chi connectivity index (χ0) is 19.6. The number of para-hydroxylation sites is 1. The summed E-state index contributed by atoms with van der Waals surface area (Å²) in [5.41, 5.74) is 2.61. The maximum absolute atomic E-state index is 13.1. The van der Waals surface area contributed by atoms with Crippen molar-refractivity contribution >= 4 is 21.6 Å². The number of hydrogen-bond acceptors (Lipinski definition) is 3. The van der Waals surface area contributed by atoms with Gasteiger partial charge in [-0.2, -0.15) is 4.31 Å². The summed E-state index contributed by atoms with van der Waals surface area (Å²) in [6.07, 6.45) is 0.959. The van der Waals surface area contributed by atoms with Crippen molar-refractivity contribution in [3.63, 3.8) is 0 Å². The van der Waals surface area contributed by atoms with Crippen LogP contribution in [0.25, 0.3) is 0 Å². The van der Waals surface area contributed by atoms with Crippen molar-refractivity contribution in [2.24, 2.45) is 5.92 Å². The third kappa shape index (κ3) is 3.77. The topological polar surface area (TPSA) is 57.7 Å². The number of carbonyl (C=O) groups is 1. The fourth-order valence-electron chi connectivity index (χ4n) is 3.63. The van der Waals surface area contributed by atoms with Gasteiger partial charge in [0.25, 0.3) is 5.91 Å². The molecule has 0 N–H and O–H groups in total. The summed E-state index contributed by atoms with van der Waals surface area (Å²) in [5, 5.41) is 0. The first kappa shape index (κ1) is 19.6. The van der Waals surface area contributed by atoms with Crippen LogP contribution in [0.2, 0.25) is 0 Å². The third-order valence-electron chi connectivity index (χ3n) is 5.03. The lowest BCUT2D eigenvalue weighted by atomic mass is 9.93. The van der Waals surface area contributed by atoms with Gasteiger partial charge in [0.15, 0.2) is 0 Å².